The van der Waals surface area contributed by atoms with Crippen molar-refractivity contribution in [2.75, 3.05) is 0 Å². The van der Waals surface area contributed by atoms with Crippen molar-refractivity contribution in [1.29, 1.82) is 0 Å². The van der Waals surface area contributed by atoms with Crippen LogP contribution in [-0.2, 0) is 0 Å². The third-order valence-corrected chi connectivity index (χ3v) is 8.04. The molecule has 0 spiro atoms. The van der Waals surface area contributed by atoms with E-state index >= 15 is 0 Å². The topological polar surface area (TPSA) is 9.86 Å². The summed E-state index contributed by atoms with van der Waals surface area (Å²) in [5, 5.41) is 6.57. The second-order valence-corrected chi connectivity index (χ2v) is 10.2. The number of aromatic nitrogens is 2. The van der Waals surface area contributed by atoms with Gasteiger partial charge in [0.1, 0.15) is 0 Å². The van der Waals surface area contributed by atoms with Crippen LogP contribution in [0.2, 0.25) is 0 Å². The smallest absolute Gasteiger partial charge is 0.0541 e. The van der Waals surface area contributed by atoms with Gasteiger partial charge in [-0.05, 0) is 60.5 Å². The Labute approximate surface area is 221 Å². The van der Waals surface area contributed by atoms with Crippen LogP contribution in [0.1, 0.15) is 17.9 Å². The minimum atomic E-state index is 0.334. The van der Waals surface area contributed by atoms with Crippen LogP contribution in [0.5, 0.6) is 0 Å². The highest BCUT2D eigenvalue weighted by Gasteiger charge is 2.19. The Kier molecular flexibility index (Phi) is 4.68. The van der Waals surface area contributed by atoms with Crippen LogP contribution in [0, 0.1) is 0 Å². The Balaban J connectivity index is 1.33. The molecule has 0 fully saturated rings. The van der Waals surface area contributed by atoms with Crippen LogP contribution >= 0.6 is 0 Å². The first-order chi connectivity index (χ1) is 18.9. The van der Waals surface area contributed by atoms with Crippen LogP contribution < -0.4 is 10.6 Å². The average molecular weight is 487 g/mol. The van der Waals surface area contributed by atoms with Gasteiger partial charge in [0.05, 0.1) is 16.6 Å². The normalized spacial score (nSPS) is 14.9. The lowest BCUT2D eigenvalue weighted by Crippen LogP contribution is -2.31. The second-order valence-electron chi connectivity index (χ2n) is 10.2. The molecule has 5 aromatic carbocycles. The van der Waals surface area contributed by atoms with E-state index in [9.17, 15) is 0 Å². The van der Waals surface area contributed by atoms with Crippen molar-refractivity contribution in [3.8, 4) is 11.4 Å². The van der Waals surface area contributed by atoms with E-state index in [1.54, 1.807) is 0 Å². The van der Waals surface area contributed by atoms with Crippen LogP contribution in [0.15, 0.2) is 127 Å². The SMILES string of the molecule is C1=c2c(n(-c3ccccc3)c3ccccc23)=CCC1c1ccc2c(c1)c1ccccc1n2-c1ccccc1. The zero-order valence-electron chi connectivity index (χ0n) is 21.0. The summed E-state index contributed by atoms with van der Waals surface area (Å²) in [6.45, 7) is 0. The molecule has 2 heterocycles. The van der Waals surface area contributed by atoms with E-state index in [4.69, 9.17) is 0 Å². The zero-order valence-corrected chi connectivity index (χ0v) is 21.0. The fourth-order valence-corrected chi connectivity index (χ4v) is 6.33. The van der Waals surface area contributed by atoms with Crippen LogP contribution in [0.25, 0.3) is 56.2 Å². The predicted molar refractivity (Wildman–Crippen MR) is 160 cm³/mol. The molecule has 2 nitrogen and oxygen atoms in total. The summed E-state index contributed by atoms with van der Waals surface area (Å²) in [5.74, 6) is 0.334. The van der Waals surface area contributed by atoms with Gasteiger partial charge in [-0.1, -0.05) is 91.0 Å². The van der Waals surface area contributed by atoms with E-state index < -0.39 is 0 Å². The molecular weight excluding hydrogens is 460 g/mol. The first-order valence-corrected chi connectivity index (χ1v) is 13.3. The molecule has 1 unspecified atom stereocenters. The molecule has 7 aromatic rings. The molecular formula is C36H26N2. The number of hydrogen-bond donors (Lipinski definition) is 0. The number of hydrogen-bond acceptors (Lipinski definition) is 0. The molecule has 0 saturated heterocycles. The maximum Gasteiger partial charge on any atom is 0.0541 e. The standard InChI is InChI=1S/C36H26N2/c1-3-11-27(12-4-1)37-33-17-9-7-15-29(33)31-23-25(19-21-35(31)37)26-20-22-36-32(24-26)30-16-8-10-18-34(30)38(36)28-13-5-2-6-14-28/h1-19,21-24,26H,20H2. The molecule has 2 aromatic heterocycles. The Morgan fingerprint density at radius 3 is 1.82 bits per heavy atom. The monoisotopic (exact) mass is 486 g/mol. The summed E-state index contributed by atoms with van der Waals surface area (Å²) >= 11 is 0. The molecule has 0 saturated carbocycles. The number of para-hydroxylation sites is 4. The molecule has 1 atom stereocenters. The minimum absolute atomic E-state index is 0.334. The quantitative estimate of drug-likeness (QED) is 0.245. The second kappa shape index (κ2) is 8.36. The highest BCUT2D eigenvalue weighted by atomic mass is 15.0. The van der Waals surface area contributed by atoms with E-state index in [0.29, 0.717) is 5.92 Å². The van der Waals surface area contributed by atoms with Crippen molar-refractivity contribution in [3.63, 3.8) is 0 Å². The predicted octanol–water partition coefficient (Wildman–Crippen LogP) is 7.48. The van der Waals surface area contributed by atoms with E-state index in [0.717, 1.165) is 6.42 Å². The molecule has 0 radical (unpaired) electrons. The molecule has 0 bridgehead atoms. The Morgan fingerprint density at radius 1 is 0.500 bits per heavy atom. The molecule has 8 rings (SSSR count). The minimum Gasteiger partial charge on any atom is -0.310 e. The lowest BCUT2D eigenvalue weighted by atomic mass is 9.90. The summed E-state index contributed by atoms with van der Waals surface area (Å²) in [6.07, 6.45) is 5.91. The van der Waals surface area contributed by atoms with Gasteiger partial charge in [-0.15, -0.1) is 0 Å². The van der Waals surface area contributed by atoms with Crippen molar-refractivity contribution >= 4 is 44.9 Å². The van der Waals surface area contributed by atoms with Gasteiger partial charge in [-0.3, -0.25) is 0 Å². The van der Waals surface area contributed by atoms with Gasteiger partial charge >= 0.3 is 0 Å². The molecule has 180 valence electrons. The Bertz CT molecular complexity index is 2090. The third-order valence-electron chi connectivity index (χ3n) is 8.04. The number of benzene rings is 5. The van der Waals surface area contributed by atoms with Gasteiger partial charge < -0.3 is 9.13 Å². The Morgan fingerprint density at radius 2 is 1.08 bits per heavy atom. The summed E-state index contributed by atoms with van der Waals surface area (Å²) in [7, 11) is 0. The van der Waals surface area contributed by atoms with Crippen molar-refractivity contribution in [2.24, 2.45) is 0 Å². The highest BCUT2D eigenvalue weighted by Crippen LogP contribution is 2.35. The number of rotatable bonds is 3. The molecule has 1 aliphatic carbocycles. The fourth-order valence-electron chi connectivity index (χ4n) is 6.33. The van der Waals surface area contributed by atoms with Gasteiger partial charge in [0, 0.05) is 44.0 Å². The molecule has 0 aliphatic heterocycles. The number of nitrogens with zero attached hydrogens (tertiary/aromatic N) is 2. The van der Waals surface area contributed by atoms with Crippen molar-refractivity contribution in [3.05, 3.63) is 144 Å². The van der Waals surface area contributed by atoms with Crippen LogP contribution in [-0.4, -0.2) is 9.13 Å². The first-order valence-electron chi connectivity index (χ1n) is 13.3. The van der Waals surface area contributed by atoms with Crippen molar-refractivity contribution in [2.45, 2.75) is 12.3 Å². The van der Waals surface area contributed by atoms with Gasteiger partial charge in [-0.25, -0.2) is 0 Å². The van der Waals surface area contributed by atoms with Crippen LogP contribution in [0.4, 0.5) is 0 Å². The van der Waals surface area contributed by atoms with Crippen molar-refractivity contribution < 1.29 is 0 Å². The van der Waals surface area contributed by atoms with E-state index in [-0.39, 0.29) is 0 Å². The molecule has 0 N–H and O–H groups in total. The molecule has 1 aliphatic rings. The molecule has 0 amide bonds. The third kappa shape index (κ3) is 3.13. The lowest BCUT2D eigenvalue weighted by Gasteiger charge is -2.15. The largest absolute Gasteiger partial charge is 0.310 e. The molecule has 38 heavy (non-hydrogen) atoms. The van der Waals surface area contributed by atoms with Crippen molar-refractivity contribution in [1.82, 2.24) is 9.13 Å². The highest BCUT2D eigenvalue weighted by molar-refractivity contribution is 6.09. The zero-order chi connectivity index (χ0) is 25.1. The molecule has 2 heteroatoms. The first kappa shape index (κ1) is 21.3. The van der Waals surface area contributed by atoms with Gasteiger partial charge in [0.2, 0.25) is 0 Å². The maximum absolute atomic E-state index is 2.49. The van der Waals surface area contributed by atoms with E-state index in [2.05, 4.69) is 149 Å². The van der Waals surface area contributed by atoms with Crippen LogP contribution in [0.3, 0.4) is 0 Å². The summed E-state index contributed by atoms with van der Waals surface area (Å²) < 4.78 is 4.80. The fraction of sp³-hybridized carbons (Fsp3) is 0.0556. The maximum atomic E-state index is 2.49. The Hall–Kier alpha value is -4.82. The average Bonchev–Trinajstić information content (AvgIpc) is 3.50. The summed E-state index contributed by atoms with van der Waals surface area (Å²) in [6, 6.07) is 46.0. The summed E-state index contributed by atoms with van der Waals surface area (Å²) in [5.41, 5.74) is 7.54. The summed E-state index contributed by atoms with van der Waals surface area (Å²) in [4.78, 5) is 0. The van der Waals surface area contributed by atoms with E-state index in [1.807, 2.05) is 0 Å². The lowest BCUT2D eigenvalue weighted by molar-refractivity contribution is 0.909. The number of fused-ring (bicyclic) bond motifs is 6. The van der Waals surface area contributed by atoms with Gasteiger partial charge in [0.15, 0.2) is 0 Å². The van der Waals surface area contributed by atoms with E-state index in [1.165, 1.54) is 60.2 Å². The van der Waals surface area contributed by atoms with Gasteiger partial charge in [-0.2, -0.15) is 0 Å². The van der Waals surface area contributed by atoms with Gasteiger partial charge in [0.25, 0.3) is 0 Å².